The number of anilines is 1. The highest BCUT2D eigenvalue weighted by Crippen LogP contribution is 2.16. The van der Waals surface area contributed by atoms with E-state index in [1.807, 2.05) is 48.5 Å². The number of nitrogens with one attached hydrogen (secondary N) is 1. The summed E-state index contributed by atoms with van der Waals surface area (Å²) in [6, 6.07) is 13.9. The number of aryl methyl sites for hydroxylation is 1. The minimum absolute atomic E-state index is 0.0366. The number of piperazine rings is 1. The molecule has 156 valence electrons. The summed E-state index contributed by atoms with van der Waals surface area (Å²) in [4.78, 5) is 21.4. The summed E-state index contributed by atoms with van der Waals surface area (Å²) in [5, 5.41) is 7.58. The van der Waals surface area contributed by atoms with Crippen molar-refractivity contribution in [1.82, 2.24) is 20.0 Å². The van der Waals surface area contributed by atoms with Crippen molar-refractivity contribution in [1.29, 1.82) is 0 Å². The molecule has 1 N–H and O–H groups in total. The molecule has 0 aliphatic carbocycles. The first-order chi connectivity index (χ1) is 14.7. The molecule has 4 rings (SSSR count). The molecule has 0 radical (unpaired) electrons. The Balaban J connectivity index is 1.43. The molecule has 1 fully saturated rings. The molecule has 0 spiro atoms. The van der Waals surface area contributed by atoms with Crippen molar-refractivity contribution in [3.05, 3.63) is 72.4 Å². The first-order valence-electron chi connectivity index (χ1n) is 10.1. The molecule has 0 saturated carbocycles. The van der Waals surface area contributed by atoms with Gasteiger partial charge in [0.1, 0.15) is 12.3 Å². The van der Waals surface area contributed by atoms with Gasteiger partial charge in [-0.05, 0) is 17.7 Å². The highest BCUT2D eigenvalue weighted by Gasteiger charge is 2.27. The molecule has 30 heavy (non-hydrogen) atoms. The second kappa shape index (κ2) is 9.30. The molecule has 3 heterocycles. The van der Waals surface area contributed by atoms with Crippen LogP contribution in [0.2, 0.25) is 0 Å². The number of guanidine groups is 1. The Morgan fingerprint density at radius 2 is 2.07 bits per heavy atom. The number of hydrogen-bond donors (Lipinski definition) is 1. The second-order valence-corrected chi connectivity index (χ2v) is 7.22. The molecule has 2 aromatic heterocycles. The number of aliphatic imine (C=N–C) groups is 1. The Morgan fingerprint density at radius 3 is 2.77 bits per heavy atom. The van der Waals surface area contributed by atoms with Crippen LogP contribution in [0.1, 0.15) is 11.3 Å². The smallest absolute Gasteiger partial charge is 0.246 e. The minimum Gasteiger partial charge on any atom is -0.469 e. The van der Waals surface area contributed by atoms with E-state index in [2.05, 4.69) is 22.5 Å². The molecular weight excluding hydrogens is 380 g/mol. The first kappa shape index (κ1) is 19.8. The van der Waals surface area contributed by atoms with Crippen molar-refractivity contribution in [2.45, 2.75) is 13.0 Å². The molecule has 1 saturated heterocycles. The second-order valence-electron chi connectivity index (χ2n) is 7.22. The van der Waals surface area contributed by atoms with Gasteiger partial charge < -0.3 is 19.5 Å². The van der Waals surface area contributed by atoms with Crippen LogP contribution in [0.5, 0.6) is 0 Å². The molecular formula is C22H26N6O2. The van der Waals surface area contributed by atoms with E-state index in [1.54, 1.807) is 22.0 Å². The van der Waals surface area contributed by atoms with Crippen molar-refractivity contribution in [2.24, 2.45) is 12.0 Å². The summed E-state index contributed by atoms with van der Waals surface area (Å²) in [7, 11) is 1.85. The summed E-state index contributed by atoms with van der Waals surface area (Å²) in [6.45, 7) is 2.80. The van der Waals surface area contributed by atoms with Crippen LogP contribution in [0.25, 0.3) is 0 Å². The Kier molecular flexibility index (Phi) is 6.12. The van der Waals surface area contributed by atoms with Gasteiger partial charge in [0, 0.05) is 39.3 Å². The van der Waals surface area contributed by atoms with Gasteiger partial charge in [-0.2, -0.15) is 5.10 Å². The summed E-state index contributed by atoms with van der Waals surface area (Å²) < 4.78 is 7.12. The lowest BCUT2D eigenvalue weighted by molar-refractivity contribution is -0.120. The topological polar surface area (TPSA) is 78.9 Å². The molecule has 0 atom stereocenters. The molecule has 8 heteroatoms. The third-order valence-corrected chi connectivity index (χ3v) is 5.01. The van der Waals surface area contributed by atoms with E-state index in [0.29, 0.717) is 26.2 Å². The lowest BCUT2D eigenvalue weighted by Gasteiger charge is -2.35. The van der Waals surface area contributed by atoms with E-state index in [9.17, 15) is 4.79 Å². The Hall–Kier alpha value is -3.55. The van der Waals surface area contributed by atoms with Gasteiger partial charge in [-0.3, -0.25) is 9.48 Å². The largest absolute Gasteiger partial charge is 0.469 e. The maximum absolute atomic E-state index is 12.8. The lowest BCUT2D eigenvalue weighted by atomic mass is 10.2. The standard InChI is InChI=1S/C22H26N6O2/c1-26-16-19(15-25-26)28-12-11-27(17-21(28)29)22(23-10-9-20-8-5-13-30-20)24-14-18-6-3-2-4-7-18/h2-8,13,15-16H,9-12,14,17H2,1H3,(H,23,24). The normalized spacial score (nSPS) is 15.0. The number of aromatic nitrogens is 2. The third kappa shape index (κ3) is 4.89. The van der Waals surface area contributed by atoms with Crippen molar-refractivity contribution in [2.75, 3.05) is 31.1 Å². The van der Waals surface area contributed by atoms with Crippen molar-refractivity contribution in [3.63, 3.8) is 0 Å². The van der Waals surface area contributed by atoms with Crippen LogP contribution in [0.15, 0.2) is 70.5 Å². The van der Waals surface area contributed by atoms with Crippen LogP contribution in [-0.2, 0) is 24.8 Å². The van der Waals surface area contributed by atoms with Gasteiger partial charge in [0.25, 0.3) is 0 Å². The zero-order chi connectivity index (χ0) is 20.8. The van der Waals surface area contributed by atoms with Crippen molar-refractivity contribution in [3.8, 4) is 0 Å². The fraction of sp³-hybridized carbons (Fsp3) is 0.318. The maximum Gasteiger partial charge on any atom is 0.246 e. The summed E-state index contributed by atoms with van der Waals surface area (Å²) in [5.74, 6) is 1.70. The molecule has 8 nitrogen and oxygen atoms in total. The molecule has 1 aliphatic heterocycles. The number of nitrogens with zero attached hydrogens (tertiary/aromatic N) is 5. The van der Waals surface area contributed by atoms with Crippen LogP contribution < -0.4 is 10.2 Å². The van der Waals surface area contributed by atoms with Crippen molar-refractivity contribution < 1.29 is 9.21 Å². The number of rotatable bonds is 6. The van der Waals surface area contributed by atoms with E-state index < -0.39 is 0 Å². The predicted molar refractivity (Wildman–Crippen MR) is 115 cm³/mol. The monoisotopic (exact) mass is 406 g/mol. The van der Waals surface area contributed by atoms with Gasteiger partial charge in [0.2, 0.25) is 5.91 Å². The maximum atomic E-state index is 12.8. The van der Waals surface area contributed by atoms with E-state index >= 15 is 0 Å². The fourth-order valence-corrected chi connectivity index (χ4v) is 3.44. The fourth-order valence-electron chi connectivity index (χ4n) is 3.44. The molecule has 3 aromatic rings. The summed E-state index contributed by atoms with van der Waals surface area (Å²) in [5.41, 5.74) is 1.96. The molecule has 0 unspecified atom stereocenters. The van der Waals surface area contributed by atoms with E-state index in [1.165, 1.54) is 0 Å². The van der Waals surface area contributed by atoms with Crippen LogP contribution >= 0.6 is 0 Å². The van der Waals surface area contributed by atoms with Gasteiger partial charge in [-0.15, -0.1) is 0 Å². The van der Waals surface area contributed by atoms with E-state index in [4.69, 9.17) is 9.41 Å². The van der Waals surface area contributed by atoms with Gasteiger partial charge in [-0.25, -0.2) is 4.99 Å². The van der Waals surface area contributed by atoms with Crippen LogP contribution in [0.4, 0.5) is 5.69 Å². The first-order valence-corrected chi connectivity index (χ1v) is 10.1. The number of benzene rings is 1. The predicted octanol–water partition coefficient (Wildman–Crippen LogP) is 2.05. The number of carbonyl (C=O) groups is 1. The lowest BCUT2D eigenvalue weighted by Crippen LogP contribution is -2.55. The van der Waals surface area contributed by atoms with Gasteiger partial charge in [-0.1, -0.05) is 30.3 Å². The molecule has 1 aromatic carbocycles. The van der Waals surface area contributed by atoms with Crippen molar-refractivity contribution >= 4 is 17.6 Å². The Morgan fingerprint density at radius 1 is 1.20 bits per heavy atom. The molecule has 1 aliphatic rings. The molecule has 0 bridgehead atoms. The van der Waals surface area contributed by atoms with E-state index in [0.717, 1.165) is 29.4 Å². The van der Waals surface area contributed by atoms with Gasteiger partial charge >= 0.3 is 0 Å². The highest BCUT2D eigenvalue weighted by molar-refractivity contribution is 5.98. The zero-order valence-corrected chi connectivity index (χ0v) is 17.1. The number of carbonyl (C=O) groups excluding carboxylic acids is 1. The number of hydrogen-bond acceptors (Lipinski definition) is 4. The van der Waals surface area contributed by atoms with E-state index in [-0.39, 0.29) is 12.5 Å². The Bertz CT molecular complexity index is 980. The van der Waals surface area contributed by atoms with Gasteiger partial charge in [0.15, 0.2) is 5.96 Å². The molecule has 1 amide bonds. The SMILES string of the molecule is Cn1cc(N2CCN(C(=NCc3ccccc3)NCCc3ccco3)CC2=O)cn1. The highest BCUT2D eigenvalue weighted by atomic mass is 16.3. The minimum atomic E-state index is 0.0366. The average Bonchev–Trinajstić information content (AvgIpc) is 3.43. The third-order valence-electron chi connectivity index (χ3n) is 5.01. The zero-order valence-electron chi connectivity index (χ0n) is 17.1. The quantitative estimate of drug-likeness (QED) is 0.501. The number of furan rings is 1. The van der Waals surface area contributed by atoms with Crippen LogP contribution in [-0.4, -0.2) is 52.7 Å². The average molecular weight is 406 g/mol. The summed E-state index contributed by atoms with van der Waals surface area (Å²) in [6.07, 6.45) is 6.01. The summed E-state index contributed by atoms with van der Waals surface area (Å²) >= 11 is 0. The number of amides is 1. The van der Waals surface area contributed by atoms with Gasteiger partial charge in [0.05, 0.1) is 24.7 Å². The van der Waals surface area contributed by atoms with Crippen LogP contribution in [0, 0.1) is 0 Å². The Labute approximate surface area is 175 Å². The van der Waals surface area contributed by atoms with Crippen LogP contribution in [0.3, 0.4) is 0 Å².